The van der Waals surface area contributed by atoms with Gasteiger partial charge in [0.1, 0.15) is 0 Å². The molecule has 0 aromatic heterocycles. The molecule has 1 N–H and O–H groups in total. The largest absolute Gasteiger partial charge is 0.474 e. The number of carbonyl (C=O) groups is 2. The molecule has 0 saturated carbocycles. The minimum atomic E-state index is -1.37. The van der Waals surface area contributed by atoms with Crippen molar-refractivity contribution >= 4 is 11.9 Å². The highest BCUT2D eigenvalue weighted by atomic mass is 16.4. The molecule has 0 aliphatic carbocycles. The average Bonchev–Trinajstić information content (AvgIpc) is 2.15. The van der Waals surface area contributed by atoms with Crippen molar-refractivity contribution in [2.24, 2.45) is 5.41 Å². The summed E-state index contributed by atoms with van der Waals surface area (Å²) in [6, 6.07) is 0. The summed E-state index contributed by atoms with van der Waals surface area (Å²) < 4.78 is 0. The summed E-state index contributed by atoms with van der Waals surface area (Å²) in [5.41, 5.74) is 1.40. The van der Waals surface area contributed by atoms with E-state index in [2.05, 4.69) is 20.8 Å². The Balaban J connectivity index is 2.66. The number of hydrogen-bond donors (Lipinski definition) is 1. The van der Waals surface area contributed by atoms with Crippen molar-refractivity contribution in [2.75, 3.05) is 13.1 Å². The number of aliphatic carboxylic acids is 1. The van der Waals surface area contributed by atoms with E-state index in [0.717, 1.165) is 6.42 Å². The zero-order chi connectivity index (χ0) is 11.6. The fourth-order valence-electron chi connectivity index (χ4n) is 1.67. The van der Waals surface area contributed by atoms with Gasteiger partial charge < -0.3 is 10.0 Å². The van der Waals surface area contributed by atoms with Gasteiger partial charge in [0.2, 0.25) is 0 Å². The summed E-state index contributed by atoms with van der Waals surface area (Å²) in [4.78, 5) is 23.0. The molecular formula is C11H17NO3. The number of carboxylic acid groups (broad SMARTS) is 1. The molecule has 4 nitrogen and oxygen atoms in total. The summed E-state index contributed by atoms with van der Waals surface area (Å²) in [5, 5.41) is 8.55. The quantitative estimate of drug-likeness (QED) is 0.485. The topological polar surface area (TPSA) is 57.6 Å². The lowest BCUT2D eigenvalue weighted by atomic mass is 9.83. The summed E-state index contributed by atoms with van der Waals surface area (Å²) in [7, 11) is 0. The molecule has 4 heteroatoms. The Morgan fingerprint density at radius 3 is 2.33 bits per heavy atom. The van der Waals surface area contributed by atoms with Gasteiger partial charge in [0, 0.05) is 13.1 Å². The number of carboxylic acids is 1. The van der Waals surface area contributed by atoms with Crippen LogP contribution >= 0.6 is 0 Å². The van der Waals surface area contributed by atoms with E-state index in [9.17, 15) is 9.59 Å². The molecule has 1 aliphatic heterocycles. The Labute approximate surface area is 89.6 Å². The van der Waals surface area contributed by atoms with Crippen LogP contribution in [0.5, 0.6) is 0 Å². The molecule has 1 rings (SSSR count). The van der Waals surface area contributed by atoms with Crippen LogP contribution < -0.4 is 0 Å². The van der Waals surface area contributed by atoms with Gasteiger partial charge in [-0.15, -0.1) is 0 Å². The Morgan fingerprint density at radius 2 is 2.00 bits per heavy atom. The molecule has 0 aromatic rings. The van der Waals surface area contributed by atoms with Crippen molar-refractivity contribution in [1.82, 2.24) is 4.90 Å². The van der Waals surface area contributed by atoms with E-state index in [0.29, 0.717) is 13.1 Å². The lowest BCUT2D eigenvalue weighted by molar-refractivity contribution is -0.155. The van der Waals surface area contributed by atoms with Crippen LogP contribution in [-0.2, 0) is 9.59 Å². The number of amides is 1. The van der Waals surface area contributed by atoms with Crippen molar-refractivity contribution in [3.8, 4) is 0 Å². The molecule has 0 atom stereocenters. The fourth-order valence-corrected chi connectivity index (χ4v) is 1.67. The van der Waals surface area contributed by atoms with E-state index < -0.39 is 11.9 Å². The molecule has 84 valence electrons. The maximum atomic E-state index is 11.2. The molecule has 0 aromatic carbocycles. The minimum absolute atomic E-state index is 0.109. The van der Waals surface area contributed by atoms with Crippen molar-refractivity contribution in [3.63, 3.8) is 0 Å². The molecule has 1 aliphatic rings. The molecule has 0 spiro atoms. The molecule has 1 heterocycles. The molecule has 15 heavy (non-hydrogen) atoms. The van der Waals surface area contributed by atoms with Crippen LogP contribution in [0.15, 0.2) is 11.6 Å². The number of hydrogen-bond acceptors (Lipinski definition) is 2. The summed E-state index contributed by atoms with van der Waals surface area (Å²) in [6.07, 6.45) is 2.73. The van der Waals surface area contributed by atoms with Crippen molar-refractivity contribution in [3.05, 3.63) is 11.6 Å². The number of carbonyl (C=O) groups excluding carboxylic acids is 1. The first-order valence-electron chi connectivity index (χ1n) is 5.04. The third-order valence-electron chi connectivity index (χ3n) is 2.64. The van der Waals surface area contributed by atoms with Crippen LogP contribution in [-0.4, -0.2) is 35.0 Å². The molecule has 0 bridgehead atoms. The lowest BCUT2D eigenvalue weighted by Crippen LogP contribution is -2.40. The minimum Gasteiger partial charge on any atom is -0.474 e. The maximum absolute atomic E-state index is 11.2. The predicted molar refractivity (Wildman–Crippen MR) is 56.4 cm³/mol. The highest BCUT2D eigenvalue weighted by molar-refractivity contribution is 6.31. The van der Waals surface area contributed by atoms with Crippen LogP contribution in [0.2, 0.25) is 0 Å². The summed E-state index contributed by atoms with van der Waals surface area (Å²) >= 11 is 0. The van der Waals surface area contributed by atoms with Crippen LogP contribution in [0.3, 0.4) is 0 Å². The number of nitrogens with zero attached hydrogens (tertiary/aromatic N) is 1. The van der Waals surface area contributed by atoms with Gasteiger partial charge in [0.05, 0.1) is 0 Å². The molecule has 0 unspecified atom stereocenters. The van der Waals surface area contributed by atoms with Crippen LogP contribution in [0, 0.1) is 5.41 Å². The lowest BCUT2D eigenvalue weighted by Gasteiger charge is -2.31. The van der Waals surface area contributed by atoms with E-state index in [4.69, 9.17) is 5.11 Å². The van der Waals surface area contributed by atoms with Gasteiger partial charge in [-0.3, -0.25) is 4.79 Å². The van der Waals surface area contributed by atoms with Crippen LogP contribution in [0.25, 0.3) is 0 Å². The van der Waals surface area contributed by atoms with Gasteiger partial charge in [0.25, 0.3) is 0 Å². The SMILES string of the molecule is CC(C)(C)C1=CCN(C(=O)C(=O)O)CC1. The molecular weight excluding hydrogens is 194 g/mol. The van der Waals surface area contributed by atoms with Crippen LogP contribution in [0.4, 0.5) is 0 Å². The predicted octanol–water partition coefficient (Wildman–Crippen LogP) is 1.28. The van der Waals surface area contributed by atoms with Gasteiger partial charge in [0.15, 0.2) is 0 Å². The maximum Gasteiger partial charge on any atom is 0.394 e. The molecule has 1 amide bonds. The third-order valence-corrected chi connectivity index (χ3v) is 2.64. The Hall–Kier alpha value is -1.32. The first-order valence-corrected chi connectivity index (χ1v) is 5.04. The van der Waals surface area contributed by atoms with E-state index in [1.807, 2.05) is 6.08 Å². The monoisotopic (exact) mass is 211 g/mol. The fraction of sp³-hybridized carbons (Fsp3) is 0.636. The van der Waals surface area contributed by atoms with E-state index >= 15 is 0 Å². The van der Waals surface area contributed by atoms with Gasteiger partial charge >= 0.3 is 11.9 Å². The average molecular weight is 211 g/mol. The zero-order valence-corrected chi connectivity index (χ0v) is 9.41. The van der Waals surface area contributed by atoms with Gasteiger partial charge in [-0.25, -0.2) is 4.79 Å². The van der Waals surface area contributed by atoms with Gasteiger partial charge in [-0.1, -0.05) is 32.4 Å². The Bertz CT molecular complexity index is 312. The highest BCUT2D eigenvalue weighted by Gasteiger charge is 2.26. The summed E-state index contributed by atoms with van der Waals surface area (Å²) in [6.45, 7) is 7.28. The van der Waals surface area contributed by atoms with Gasteiger partial charge in [-0.2, -0.15) is 0 Å². The zero-order valence-electron chi connectivity index (χ0n) is 9.41. The molecule has 0 fully saturated rings. The normalized spacial score (nSPS) is 17.3. The highest BCUT2D eigenvalue weighted by Crippen LogP contribution is 2.29. The first-order chi connectivity index (χ1) is 6.82. The number of rotatable bonds is 0. The van der Waals surface area contributed by atoms with Crippen molar-refractivity contribution in [1.29, 1.82) is 0 Å². The smallest absolute Gasteiger partial charge is 0.394 e. The molecule has 0 saturated heterocycles. The molecule has 0 radical (unpaired) electrons. The standard InChI is InChI=1S/C11H17NO3/c1-11(2,3)8-4-6-12(7-5-8)9(13)10(14)15/h4H,5-7H2,1-3H3,(H,14,15). The van der Waals surface area contributed by atoms with E-state index in [-0.39, 0.29) is 5.41 Å². The second-order valence-corrected chi connectivity index (χ2v) is 4.79. The Morgan fingerprint density at radius 1 is 1.40 bits per heavy atom. The Kier molecular flexibility index (Phi) is 3.17. The third kappa shape index (κ3) is 2.81. The first kappa shape index (κ1) is 11.8. The second-order valence-electron chi connectivity index (χ2n) is 4.79. The van der Waals surface area contributed by atoms with Gasteiger partial charge in [-0.05, 0) is 11.8 Å². The van der Waals surface area contributed by atoms with Crippen molar-refractivity contribution < 1.29 is 14.7 Å². The van der Waals surface area contributed by atoms with E-state index in [1.165, 1.54) is 10.5 Å². The van der Waals surface area contributed by atoms with Crippen LogP contribution in [0.1, 0.15) is 27.2 Å². The van der Waals surface area contributed by atoms with E-state index in [1.54, 1.807) is 0 Å². The summed E-state index contributed by atoms with van der Waals surface area (Å²) in [5.74, 6) is -2.18. The van der Waals surface area contributed by atoms with Crippen molar-refractivity contribution in [2.45, 2.75) is 27.2 Å². The second kappa shape index (κ2) is 4.04.